The fourth-order valence-electron chi connectivity index (χ4n) is 2.98. The van der Waals surface area contributed by atoms with E-state index in [-0.39, 0.29) is 12.4 Å². The molecule has 2 saturated heterocycles. The first-order chi connectivity index (χ1) is 10.8. The van der Waals surface area contributed by atoms with Crippen LogP contribution < -0.4 is 4.90 Å². The summed E-state index contributed by atoms with van der Waals surface area (Å²) >= 11 is 0. The molecule has 128 valence electrons. The molecule has 0 radical (unpaired) electrons. The van der Waals surface area contributed by atoms with Crippen molar-refractivity contribution in [2.45, 2.75) is 30.7 Å². The lowest BCUT2D eigenvalue weighted by Gasteiger charge is -2.21. The molecule has 6 nitrogen and oxygen atoms in total. The molecule has 2 aliphatic heterocycles. The second kappa shape index (κ2) is 5.90. The number of anilines is 1. The summed E-state index contributed by atoms with van der Waals surface area (Å²) in [5, 5.41) is 6.23. The first kappa shape index (κ1) is 16.4. The van der Waals surface area contributed by atoms with Crippen LogP contribution in [0.4, 0.5) is 19.0 Å². The van der Waals surface area contributed by atoms with Crippen LogP contribution in [0.3, 0.4) is 0 Å². The van der Waals surface area contributed by atoms with Crippen LogP contribution in [0.25, 0.3) is 0 Å². The first-order valence-electron chi connectivity index (χ1n) is 7.43. The number of nitrogens with zero attached hydrogens (tertiary/aromatic N) is 4. The predicted octanol–water partition coefficient (Wildman–Crippen LogP) is 1.50. The lowest BCUT2D eigenvalue weighted by molar-refractivity contribution is -0.141. The van der Waals surface area contributed by atoms with Gasteiger partial charge >= 0.3 is 6.18 Å². The Kier molecular flexibility index (Phi) is 4.21. The lowest BCUT2D eigenvalue weighted by atomic mass is 10.3. The third-order valence-corrected chi connectivity index (χ3v) is 6.57. The molecule has 1 atom stereocenters. The summed E-state index contributed by atoms with van der Waals surface area (Å²) in [5.41, 5.74) is -1.05. The number of hydrogen-bond donors (Lipinski definition) is 0. The van der Waals surface area contributed by atoms with Gasteiger partial charge in [-0.25, -0.2) is 12.7 Å². The summed E-state index contributed by atoms with van der Waals surface area (Å²) in [6.07, 6.45) is -2.33. The van der Waals surface area contributed by atoms with Gasteiger partial charge in [0.05, 0.1) is 5.25 Å². The van der Waals surface area contributed by atoms with Gasteiger partial charge in [0, 0.05) is 26.2 Å². The third-order valence-electron chi connectivity index (χ3n) is 4.26. The summed E-state index contributed by atoms with van der Waals surface area (Å²) in [6, 6.07) is 2.10. The zero-order valence-corrected chi connectivity index (χ0v) is 13.1. The topological polar surface area (TPSA) is 66.4 Å². The van der Waals surface area contributed by atoms with Crippen molar-refractivity contribution in [3.05, 3.63) is 17.8 Å². The SMILES string of the molecule is O=S(=O)(C1CCN(c2ccc(C(F)(F)F)nn2)C1)N1CCCC1. The lowest BCUT2D eigenvalue weighted by Crippen LogP contribution is -2.38. The molecule has 2 aliphatic rings. The Morgan fingerprint density at radius 3 is 2.35 bits per heavy atom. The molecular formula is C13H17F3N4O2S. The fourth-order valence-corrected chi connectivity index (χ4v) is 4.94. The Balaban J connectivity index is 1.70. The smallest absolute Gasteiger partial charge is 0.354 e. The first-order valence-corrected chi connectivity index (χ1v) is 8.93. The van der Waals surface area contributed by atoms with Crippen LogP contribution in [0, 0.1) is 0 Å². The summed E-state index contributed by atoms with van der Waals surface area (Å²) < 4.78 is 64.0. The second-order valence-corrected chi connectivity index (χ2v) is 8.00. The van der Waals surface area contributed by atoms with E-state index in [1.54, 1.807) is 4.90 Å². The average Bonchev–Trinajstić information content (AvgIpc) is 3.18. The molecule has 0 spiro atoms. The monoisotopic (exact) mass is 350 g/mol. The second-order valence-electron chi connectivity index (χ2n) is 5.78. The highest BCUT2D eigenvalue weighted by atomic mass is 32.2. The van der Waals surface area contributed by atoms with Gasteiger partial charge in [-0.15, -0.1) is 10.2 Å². The van der Waals surface area contributed by atoms with E-state index in [4.69, 9.17) is 0 Å². The van der Waals surface area contributed by atoms with Gasteiger partial charge in [-0.3, -0.25) is 0 Å². The van der Waals surface area contributed by atoms with E-state index in [0.717, 1.165) is 18.9 Å². The van der Waals surface area contributed by atoms with Crippen molar-refractivity contribution in [1.29, 1.82) is 0 Å². The average molecular weight is 350 g/mol. The number of sulfonamides is 1. The zero-order valence-electron chi connectivity index (χ0n) is 12.3. The highest BCUT2D eigenvalue weighted by Crippen LogP contribution is 2.29. The van der Waals surface area contributed by atoms with Crippen molar-refractivity contribution >= 4 is 15.8 Å². The number of alkyl halides is 3. The van der Waals surface area contributed by atoms with Crippen LogP contribution in [0.2, 0.25) is 0 Å². The van der Waals surface area contributed by atoms with Crippen molar-refractivity contribution < 1.29 is 21.6 Å². The van der Waals surface area contributed by atoms with E-state index < -0.39 is 27.1 Å². The predicted molar refractivity (Wildman–Crippen MR) is 77.4 cm³/mol. The summed E-state index contributed by atoms with van der Waals surface area (Å²) in [7, 11) is -3.35. The molecule has 3 heterocycles. The highest BCUT2D eigenvalue weighted by molar-refractivity contribution is 7.89. The maximum Gasteiger partial charge on any atom is 0.435 e. The maximum atomic E-state index is 12.5. The van der Waals surface area contributed by atoms with Crippen LogP contribution in [0.5, 0.6) is 0 Å². The zero-order chi connectivity index (χ0) is 16.7. The molecule has 1 aromatic heterocycles. The van der Waals surface area contributed by atoms with E-state index in [1.165, 1.54) is 10.4 Å². The maximum absolute atomic E-state index is 12.5. The molecule has 2 fully saturated rings. The molecule has 3 rings (SSSR count). The van der Waals surface area contributed by atoms with Crippen molar-refractivity contribution in [3.63, 3.8) is 0 Å². The Bertz CT molecular complexity index is 657. The molecule has 0 N–H and O–H groups in total. The summed E-state index contributed by atoms with van der Waals surface area (Å²) in [6.45, 7) is 1.79. The van der Waals surface area contributed by atoms with Crippen LogP contribution in [-0.2, 0) is 16.2 Å². The van der Waals surface area contributed by atoms with E-state index in [1.807, 2.05) is 0 Å². The Labute approximate surface area is 132 Å². The van der Waals surface area contributed by atoms with Gasteiger partial charge in [0.15, 0.2) is 11.5 Å². The fraction of sp³-hybridized carbons (Fsp3) is 0.692. The van der Waals surface area contributed by atoms with Gasteiger partial charge in [0.2, 0.25) is 10.0 Å². The van der Waals surface area contributed by atoms with Gasteiger partial charge < -0.3 is 4.90 Å². The Hall–Kier alpha value is -1.42. The molecule has 0 aromatic carbocycles. The number of hydrogen-bond acceptors (Lipinski definition) is 5. The van der Waals surface area contributed by atoms with Crippen LogP contribution in [0.15, 0.2) is 12.1 Å². The molecule has 0 saturated carbocycles. The van der Waals surface area contributed by atoms with Crippen molar-refractivity contribution in [1.82, 2.24) is 14.5 Å². The molecular weight excluding hydrogens is 333 g/mol. The molecule has 1 aromatic rings. The molecule has 1 unspecified atom stereocenters. The number of aromatic nitrogens is 2. The Morgan fingerprint density at radius 2 is 1.78 bits per heavy atom. The normalized spacial score (nSPS) is 23.6. The van der Waals surface area contributed by atoms with Gasteiger partial charge in [0.1, 0.15) is 0 Å². The molecule has 0 amide bonds. The molecule has 0 bridgehead atoms. The third kappa shape index (κ3) is 3.27. The minimum atomic E-state index is -4.53. The van der Waals surface area contributed by atoms with Crippen molar-refractivity contribution in [2.24, 2.45) is 0 Å². The molecule has 10 heteroatoms. The van der Waals surface area contributed by atoms with Gasteiger partial charge in [-0.2, -0.15) is 13.2 Å². The quantitative estimate of drug-likeness (QED) is 0.827. The van der Waals surface area contributed by atoms with E-state index in [9.17, 15) is 21.6 Å². The van der Waals surface area contributed by atoms with Gasteiger partial charge in [-0.05, 0) is 31.4 Å². The van der Waals surface area contributed by atoms with Crippen molar-refractivity contribution in [3.8, 4) is 0 Å². The molecule has 0 aliphatic carbocycles. The van der Waals surface area contributed by atoms with E-state index in [0.29, 0.717) is 26.1 Å². The van der Waals surface area contributed by atoms with E-state index >= 15 is 0 Å². The number of rotatable bonds is 3. The Morgan fingerprint density at radius 1 is 1.09 bits per heavy atom. The van der Waals surface area contributed by atoms with E-state index in [2.05, 4.69) is 10.2 Å². The van der Waals surface area contributed by atoms with Crippen LogP contribution >= 0.6 is 0 Å². The highest BCUT2D eigenvalue weighted by Gasteiger charge is 2.39. The summed E-state index contributed by atoms with van der Waals surface area (Å²) in [5.74, 6) is 0.275. The minimum absolute atomic E-state index is 0.235. The van der Waals surface area contributed by atoms with Gasteiger partial charge in [0.25, 0.3) is 0 Å². The van der Waals surface area contributed by atoms with Crippen LogP contribution in [-0.4, -0.2) is 54.3 Å². The standard InChI is InChI=1S/C13H17F3N4O2S/c14-13(15,16)11-3-4-12(18-17-11)19-8-5-10(9-19)23(21,22)20-6-1-2-7-20/h3-4,10H,1-2,5-9H2. The largest absolute Gasteiger partial charge is 0.435 e. The van der Waals surface area contributed by atoms with Gasteiger partial charge in [-0.1, -0.05) is 0 Å². The minimum Gasteiger partial charge on any atom is -0.354 e. The van der Waals surface area contributed by atoms with Crippen LogP contribution in [0.1, 0.15) is 25.0 Å². The molecule has 23 heavy (non-hydrogen) atoms. The van der Waals surface area contributed by atoms with Crippen molar-refractivity contribution in [2.75, 3.05) is 31.1 Å². The summed E-state index contributed by atoms with van der Waals surface area (Å²) in [4.78, 5) is 1.67. The number of halogens is 3.